The predicted molar refractivity (Wildman–Crippen MR) is 119 cm³/mol. The van der Waals surface area contributed by atoms with E-state index >= 15 is 0 Å². The normalized spacial score (nSPS) is 17.6. The van der Waals surface area contributed by atoms with E-state index in [2.05, 4.69) is 68.2 Å². The summed E-state index contributed by atoms with van der Waals surface area (Å²) in [4.78, 5) is 6.60. The van der Waals surface area contributed by atoms with Gasteiger partial charge in [-0.3, -0.25) is 4.99 Å². The smallest absolute Gasteiger partial charge is 0.193 e. The molecule has 1 atom stereocenters. The highest BCUT2D eigenvalue weighted by Gasteiger charge is 2.19. The molecule has 26 heavy (non-hydrogen) atoms. The molecule has 1 aliphatic rings. The lowest BCUT2D eigenvalue weighted by Crippen LogP contribution is -2.41. The fraction of sp³-hybridized carbons (Fsp3) is 0.650. The van der Waals surface area contributed by atoms with E-state index in [1.807, 2.05) is 7.05 Å². The highest BCUT2D eigenvalue weighted by atomic mass is 127. The summed E-state index contributed by atoms with van der Waals surface area (Å²) in [5, 5.41) is 3.46. The molecule has 0 aromatic heterocycles. The van der Waals surface area contributed by atoms with Gasteiger partial charge in [0.05, 0.1) is 6.61 Å². The Kier molecular flexibility index (Phi) is 9.16. The zero-order chi connectivity index (χ0) is 18.4. The number of benzene rings is 1. The van der Waals surface area contributed by atoms with Crippen LogP contribution in [0.4, 0.5) is 0 Å². The van der Waals surface area contributed by atoms with Crippen LogP contribution in [0.15, 0.2) is 23.2 Å². The van der Waals surface area contributed by atoms with E-state index in [4.69, 9.17) is 9.47 Å². The molecular formula is C20H34IN3O2. The molecule has 0 aliphatic carbocycles. The van der Waals surface area contributed by atoms with Crippen molar-refractivity contribution in [2.24, 2.45) is 10.9 Å². The van der Waals surface area contributed by atoms with E-state index in [1.54, 1.807) is 0 Å². The first kappa shape index (κ1) is 23.0. The molecule has 6 heteroatoms. The van der Waals surface area contributed by atoms with Crippen LogP contribution in [0.3, 0.4) is 0 Å². The minimum atomic E-state index is -0.219. The molecule has 1 unspecified atom stereocenters. The standard InChI is InChI=1S/C20H33N3O2.HI/c1-15-7-8-17(18(11-15)25-20(2,3)4)12-22-19(21-5)23(6)13-16-9-10-24-14-16;/h7-8,11,16H,9-10,12-14H2,1-6H3,(H,21,22);1H. The molecule has 0 amide bonds. The summed E-state index contributed by atoms with van der Waals surface area (Å²) in [6.07, 6.45) is 1.13. The summed E-state index contributed by atoms with van der Waals surface area (Å²) in [6, 6.07) is 6.35. The van der Waals surface area contributed by atoms with E-state index in [0.717, 1.165) is 43.5 Å². The molecule has 5 nitrogen and oxygen atoms in total. The van der Waals surface area contributed by atoms with Crippen molar-refractivity contribution in [1.82, 2.24) is 10.2 Å². The third kappa shape index (κ3) is 7.31. The maximum Gasteiger partial charge on any atom is 0.193 e. The van der Waals surface area contributed by atoms with Crippen LogP contribution >= 0.6 is 24.0 Å². The molecule has 2 rings (SSSR count). The van der Waals surface area contributed by atoms with E-state index in [9.17, 15) is 0 Å². The van der Waals surface area contributed by atoms with Crippen molar-refractivity contribution in [2.75, 3.05) is 33.9 Å². The number of hydrogen-bond donors (Lipinski definition) is 1. The maximum absolute atomic E-state index is 6.14. The molecule has 1 aliphatic heterocycles. The summed E-state index contributed by atoms with van der Waals surface area (Å²) in [7, 11) is 3.90. The number of rotatable bonds is 5. The Balaban J connectivity index is 0.00000338. The van der Waals surface area contributed by atoms with Crippen LogP contribution in [0.2, 0.25) is 0 Å². The molecule has 1 heterocycles. The number of halogens is 1. The van der Waals surface area contributed by atoms with Crippen molar-refractivity contribution in [1.29, 1.82) is 0 Å². The lowest BCUT2D eigenvalue weighted by molar-refractivity contribution is 0.129. The molecule has 0 radical (unpaired) electrons. The van der Waals surface area contributed by atoms with Crippen LogP contribution in [0.1, 0.15) is 38.3 Å². The van der Waals surface area contributed by atoms with Crippen LogP contribution in [-0.4, -0.2) is 50.3 Å². The lowest BCUT2D eigenvalue weighted by atomic mass is 10.1. The van der Waals surface area contributed by atoms with Gasteiger partial charge in [0.1, 0.15) is 11.4 Å². The largest absolute Gasteiger partial charge is 0.488 e. The second kappa shape index (κ2) is 10.3. The second-order valence-electron chi connectivity index (χ2n) is 7.84. The predicted octanol–water partition coefficient (Wildman–Crippen LogP) is 3.83. The van der Waals surface area contributed by atoms with Crippen LogP contribution in [-0.2, 0) is 11.3 Å². The Hall–Kier alpha value is -1.02. The second-order valence-corrected chi connectivity index (χ2v) is 7.84. The molecule has 1 fully saturated rings. The molecule has 1 saturated heterocycles. The van der Waals surface area contributed by atoms with Crippen LogP contribution < -0.4 is 10.1 Å². The number of nitrogens with zero attached hydrogens (tertiary/aromatic N) is 2. The summed E-state index contributed by atoms with van der Waals surface area (Å²) in [6.45, 7) is 11.7. The first-order valence-corrected chi connectivity index (χ1v) is 9.06. The van der Waals surface area contributed by atoms with Crippen molar-refractivity contribution >= 4 is 29.9 Å². The Morgan fingerprint density at radius 1 is 1.38 bits per heavy atom. The van der Waals surface area contributed by atoms with Crippen LogP contribution in [0.25, 0.3) is 0 Å². The third-order valence-corrected chi connectivity index (χ3v) is 4.21. The summed E-state index contributed by atoms with van der Waals surface area (Å²) < 4.78 is 11.6. The van der Waals surface area contributed by atoms with Crippen molar-refractivity contribution in [3.8, 4) is 5.75 Å². The Morgan fingerprint density at radius 3 is 2.69 bits per heavy atom. The van der Waals surface area contributed by atoms with Gasteiger partial charge in [0.15, 0.2) is 5.96 Å². The number of aliphatic imine (C=N–C) groups is 1. The van der Waals surface area contributed by atoms with Crippen molar-refractivity contribution in [3.05, 3.63) is 29.3 Å². The zero-order valence-corrected chi connectivity index (χ0v) is 19.3. The Morgan fingerprint density at radius 2 is 2.12 bits per heavy atom. The average molecular weight is 475 g/mol. The van der Waals surface area contributed by atoms with Crippen molar-refractivity contribution in [3.63, 3.8) is 0 Å². The average Bonchev–Trinajstić information content (AvgIpc) is 3.01. The van der Waals surface area contributed by atoms with E-state index in [1.165, 1.54) is 5.56 Å². The number of nitrogens with one attached hydrogen (secondary N) is 1. The monoisotopic (exact) mass is 475 g/mol. The van der Waals surface area contributed by atoms with Gasteiger partial charge in [-0.15, -0.1) is 24.0 Å². The van der Waals surface area contributed by atoms with Crippen molar-refractivity contribution in [2.45, 2.75) is 46.3 Å². The number of ether oxygens (including phenoxy) is 2. The first-order chi connectivity index (χ1) is 11.8. The minimum absolute atomic E-state index is 0. The van der Waals surface area contributed by atoms with E-state index in [0.29, 0.717) is 12.5 Å². The molecule has 0 saturated carbocycles. The number of guanidine groups is 1. The molecule has 0 bridgehead atoms. The van der Waals surface area contributed by atoms with E-state index in [-0.39, 0.29) is 29.6 Å². The maximum atomic E-state index is 6.14. The molecule has 1 aromatic rings. The lowest BCUT2D eigenvalue weighted by Gasteiger charge is -2.26. The molecule has 0 spiro atoms. The van der Waals surface area contributed by atoms with Crippen molar-refractivity contribution < 1.29 is 9.47 Å². The SMILES string of the molecule is CN=C(NCc1ccc(C)cc1OC(C)(C)C)N(C)CC1CCOC1.I. The highest BCUT2D eigenvalue weighted by molar-refractivity contribution is 14.0. The topological polar surface area (TPSA) is 46.1 Å². The van der Waals surface area contributed by atoms with Gasteiger partial charge in [-0.1, -0.05) is 12.1 Å². The minimum Gasteiger partial charge on any atom is -0.488 e. The van der Waals surface area contributed by atoms with E-state index < -0.39 is 0 Å². The number of aryl methyl sites for hydroxylation is 1. The van der Waals surface area contributed by atoms with Gasteiger partial charge in [0.2, 0.25) is 0 Å². The van der Waals surface area contributed by atoms with Crippen LogP contribution in [0.5, 0.6) is 5.75 Å². The summed E-state index contributed by atoms with van der Waals surface area (Å²) in [5.74, 6) is 2.42. The van der Waals surface area contributed by atoms with Gasteiger partial charge < -0.3 is 19.7 Å². The fourth-order valence-electron chi connectivity index (χ4n) is 2.99. The molecule has 1 N–H and O–H groups in total. The summed E-state index contributed by atoms with van der Waals surface area (Å²) in [5.41, 5.74) is 2.12. The fourth-order valence-corrected chi connectivity index (χ4v) is 2.99. The van der Waals surface area contributed by atoms with Gasteiger partial charge >= 0.3 is 0 Å². The Labute approximate surface area is 175 Å². The summed E-state index contributed by atoms with van der Waals surface area (Å²) >= 11 is 0. The highest BCUT2D eigenvalue weighted by Crippen LogP contribution is 2.24. The molecule has 148 valence electrons. The Bertz CT molecular complexity index is 593. The number of hydrogen-bond acceptors (Lipinski definition) is 3. The first-order valence-electron chi connectivity index (χ1n) is 9.06. The molecular weight excluding hydrogens is 441 g/mol. The third-order valence-electron chi connectivity index (χ3n) is 4.21. The quantitative estimate of drug-likeness (QED) is 0.400. The molecule has 1 aromatic carbocycles. The van der Waals surface area contributed by atoms with Gasteiger partial charge in [-0.05, 0) is 45.7 Å². The van der Waals surface area contributed by atoms with Crippen LogP contribution in [0, 0.1) is 12.8 Å². The van der Waals surface area contributed by atoms with Gasteiger partial charge in [0.25, 0.3) is 0 Å². The zero-order valence-electron chi connectivity index (χ0n) is 17.0. The van der Waals surface area contributed by atoms with Gasteiger partial charge in [-0.2, -0.15) is 0 Å². The van der Waals surface area contributed by atoms with Gasteiger partial charge in [0, 0.05) is 45.3 Å². The van der Waals surface area contributed by atoms with Gasteiger partial charge in [-0.25, -0.2) is 0 Å².